The van der Waals surface area contributed by atoms with Crippen LogP contribution in [0.2, 0.25) is 0 Å². The molecule has 2 aliphatic rings. The standard InChI is InChI=1S/C12H23N3O2/c1-9-6-13-4-2-10(9)7-14-12(16)15-11-3-5-17-8-11/h9-11,13H,2-8H2,1H3,(H2,14,15,16). The van der Waals surface area contributed by atoms with Crippen molar-refractivity contribution in [2.75, 3.05) is 32.8 Å². The molecule has 3 atom stereocenters. The van der Waals surface area contributed by atoms with Crippen LogP contribution < -0.4 is 16.0 Å². The van der Waals surface area contributed by atoms with E-state index in [1.54, 1.807) is 0 Å². The Morgan fingerprint density at radius 3 is 3.06 bits per heavy atom. The molecular weight excluding hydrogens is 218 g/mol. The molecule has 0 aromatic carbocycles. The molecule has 2 amide bonds. The van der Waals surface area contributed by atoms with Gasteiger partial charge in [-0.05, 0) is 37.8 Å². The molecule has 2 fully saturated rings. The second-order valence-electron chi connectivity index (χ2n) is 5.15. The fourth-order valence-electron chi connectivity index (χ4n) is 2.48. The minimum atomic E-state index is -0.0498. The largest absolute Gasteiger partial charge is 0.379 e. The van der Waals surface area contributed by atoms with Gasteiger partial charge in [-0.3, -0.25) is 0 Å². The van der Waals surface area contributed by atoms with Gasteiger partial charge in [-0.1, -0.05) is 6.92 Å². The van der Waals surface area contributed by atoms with Gasteiger partial charge in [0.2, 0.25) is 0 Å². The van der Waals surface area contributed by atoms with Gasteiger partial charge in [0.05, 0.1) is 12.6 Å². The van der Waals surface area contributed by atoms with Crippen molar-refractivity contribution in [3.05, 3.63) is 0 Å². The third-order valence-corrected chi connectivity index (χ3v) is 3.75. The summed E-state index contributed by atoms with van der Waals surface area (Å²) in [5.74, 6) is 1.24. The van der Waals surface area contributed by atoms with Gasteiger partial charge in [0, 0.05) is 13.2 Å². The Morgan fingerprint density at radius 1 is 1.47 bits per heavy atom. The quantitative estimate of drug-likeness (QED) is 0.667. The van der Waals surface area contributed by atoms with Crippen LogP contribution in [0.5, 0.6) is 0 Å². The SMILES string of the molecule is CC1CNCCC1CNC(=O)NC1CCOC1. The Morgan fingerprint density at radius 2 is 2.35 bits per heavy atom. The molecule has 0 spiro atoms. The summed E-state index contributed by atoms with van der Waals surface area (Å²) >= 11 is 0. The third-order valence-electron chi connectivity index (χ3n) is 3.75. The number of piperidine rings is 1. The smallest absolute Gasteiger partial charge is 0.315 e. The van der Waals surface area contributed by atoms with Gasteiger partial charge in [0.1, 0.15) is 0 Å². The summed E-state index contributed by atoms with van der Waals surface area (Å²) in [5, 5.41) is 9.28. The summed E-state index contributed by atoms with van der Waals surface area (Å²) in [6.07, 6.45) is 2.07. The third kappa shape index (κ3) is 3.85. The number of amides is 2. The zero-order chi connectivity index (χ0) is 12.1. The van der Waals surface area contributed by atoms with Crippen molar-refractivity contribution in [3.8, 4) is 0 Å². The highest BCUT2D eigenvalue weighted by Crippen LogP contribution is 2.17. The monoisotopic (exact) mass is 241 g/mol. The van der Waals surface area contributed by atoms with Crippen molar-refractivity contribution in [1.29, 1.82) is 0 Å². The predicted octanol–water partition coefficient (Wildman–Crippen LogP) is 0.320. The fourth-order valence-corrected chi connectivity index (χ4v) is 2.48. The summed E-state index contributed by atoms with van der Waals surface area (Å²) in [4.78, 5) is 11.7. The van der Waals surface area contributed by atoms with Gasteiger partial charge >= 0.3 is 6.03 Å². The molecule has 17 heavy (non-hydrogen) atoms. The van der Waals surface area contributed by atoms with Crippen LogP contribution in [-0.2, 0) is 4.74 Å². The number of ether oxygens (including phenoxy) is 1. The lowest BCUT2D eigenvalue weighted by Crippen LogP contribution is -2.46. The second-order valence-corrected chi connectivity index (χ2v) is 5.15. The van der Waals surface area contributed by atoms with Crippen LogP contribution in [0.4, 0.5) is 4.79 Å². The number of hydrogen-bond acceptors (Lipinski definition) is 3. The van der Waals surface area contributed by atoms with Crippen LogP contribution in [0.25, 0.3) is 0 Å². The van der Waals surface area contributed by atoms with Gasteiger partial charge in [-0.15, -0.1) is 0 Å². The molecule has 2 heterocycles. The summed E-state index contributed by atoms with van der Waals surface area (Å²) in [5.41, 5.74) is 0. The van der Waals surface area contributed by atoms with Gasteiger partial charge in [-0.25, -0.2) is 4.79 Å². The normalized spacial score (nSPS) is 33.4. The Bertz CT molecular complexity index is 254. The molecule has 0 aromatic rings. The maximum absolute atomic E-state index is 11.7. The minimum absolute atomic E-state index is 0.0498. The molecule has 3 N–H and O–H groups in total. The summed E-state index contributed by atoms with van der Waals surface area (Å²) in [6.45, 7) is 6.55. The summed E-state index contributed by atoms with van der Waals surface area (Å²) < 4.78 is 5.22. The van der Waals surface area contributed by atoms with Crippen LogP contribution in [0.3, 0.4) is 0 Å². The molecule has 0 radical (unpaired) electrons. The van der Waals surface area contributed by atoms with Crippen molar-refractivity contribution in [3.63, 3.8) is 0 Å². The molecule has 2 rings (SSSR count). The van der Waals surface area contributed by atoms with Gasteiger partial charge in [-0.2, -0.15) is 0 Å². The molecule has 0 aromatic heterocycles. The zero-order valence-corrected chi connectivity index (χ0v) is 10.5. The van der Waals surface area contributed by atoms with E-state index in [2.05, 4.69) is 22.9 Å². The number of hydrogen-bond donors (Lipinski definition) is 3. The molecule has 5 heteroatoms. The van der Waals surface area contributed by atoms with Crippen LogP contribution in [-0.4, -0.2) is 44.9 Å². The maximum Gasteiger partial charge on any atom is 0.315 e. The lowest BCUT2D eigenvalue weighted by atomic mass is 9.88. The van der Waals surface area contributed by atoms with E-state index in [0.29, 0.717) is 18.4 Å². The van der Waals surface area contributed by atoms with Gasteiger partial charge < -0.3 is 20.7 Å². The number of carbonyl (C=O) groups excluding carboxylic acids is 1. The lowest BCUT2D eigenvalue weighted by Gasteiger charge is -2.29. The Kier molecular flexibility index (Phi) is 4.62. The van der Waals surface area contributed by atoms with E-state index in [1.165, 1.54) is 0 Å². The average Bonchev–Trinajstić information content (AvgIpc) is 2.81. The molecule has 98 valence electrons. The van der Waals surface area contributed by atoms with Crippen LogP contribution >= 0.6 is 0 Å². The number of rotatable bonds is 3. The lowest BCUT2D eigenvalue weighted by molar-refractivity contribution is 0.187. The van der Waals surface area contributed by atoms with Crippen LogP contribution in [0.15, 0.2) is 0 Å². The summed E-state index contributed by atoms with van der Waals surface area (Å²) in [7, 11) is 0. The Labute approximate surface area is 103 Å². The second kappa shape index (κ2) is 6.21. The number of urea groups is 1. The first-order valence-electron chi connectivity index (χ1n) is 6.58. The van der Waals surface area contributed by atoms with Crippen molar-refractivity contribution in [2.45, 2.75) is 25.8 Å². The van der Waals surface area contributed by atoms with E-state index in [0.717, 1.165) is 39.1 Å². The van der Waals surface area contributed by atoms with Crippen molar-refractivity contribution in [1.82, 2.24) is 16.0 Å². The highest BCUT2D eigenvalue weighted by molar-refractivity contribution is 5.74. The highest BCUT2D eigenvalue weighted by atomic mass is 16.5. The zero-order valence-electron chi connectivity index (χ0n) is 10.5. The molecule has 3 unspecified atom stereocenters. The van der Waals surface area contributed by atoms with E-state index < -0.39 is 0 Å². The van der Waals surface area contributed by atoms with E-state index in [9.17, 15) is 4.79 Å². The number of nitrogens with one attached hydrogen (secondary N) is 3. The van der Waals surface area contributed by atoms with Crippen LogP contribution in [0.1, 0.15) is 19.8 Å². The predicted molar refractivity (Wildman–Crippen MR) is 65.9 cm³/mol. The van der Waals surface area contributed by atoms with Gasteiger partial charge in [0.15, 0.2) is 0 Å². The van der Waals surface area contributed by atoms with E-state index in [4.69, 9.17) is 4.74 Å². The van der Waals surface area contributed by atoms with E-state index in [-0.39, 0.29) is 12.1 Å². The van der Waals surface area contributed by atoms with Gasteiger partial charge in [0.25, 0.3) is 0 Å². The molecule has 2 saturated heterocycles. The molecule has 0 aliphatic carbocycles. The first-order chi connectivity index (χ1) is 8.25. The fraction of sp³-hybridized carbons (Fsp3) is 0.917. The van der Waals surface area contributed by atoms with Crippen LogP contribution in [0, 0.1) is 11.8 Å². The molecule has 2 aliphatic heterocycles. The maximum atomic E-state index is 11.7. The molecule has 0 saturated carbocycles. The minimum Gasteiger partial charge on any atom is -0.379 e. The van der Waals surface area contributed by atoms with E-state index >= 15 is 0 Å². The van der Waals surface area contributed by atoms with Crippen molar-refractivity contribution < 1.29 is 9.53 Å². The molecule has 5 nitrogen and oxygen atoms in total. The van der Waals surface area contributed by atoms with Crippen molar-refractivity contribution >= 4 is 6.03 Å². The first-order valence-corrected chi connectivity index (χ1v) is 6.58. The highest BCUT2D eigenvalue weighted by Gasteiger charge is 2.22. The Balaban J connectivity index is 1.64. The number of carbonyl (C=O) groups is 1. The van der Waals surface area contributed by atoms with Crippen molar-refractivity contribution in [2.24, 2.45) is 11.8 Å². The van der Waals surface area contributed by atoms with E-state index in [1.807, 2.05) is 0 Å². The molecular formula is C12H23N3O2. The Hall–Kier alpha value is -0.810. The topological polar surface area (TPSA) is 62.4 Å². The first kappa shape index (κ1) is 12.6. The average molecular weight is 241 g/mol. The summed E-state index contributed by atoms with van der Waals surface area (Å²) in [6, 6.07) is 0.145. The molecule has 0 bridgehead atoms.